The number of nitrogens with one attached hydrogen (secondary N) is 2. The summed E-state index contributed by atoms with van der Waals surface area (Å²) in [6.07, 6.45) is 2.80. The molecule has 1 aromatic carbocycles. The molecule has 158 valence electrons. The molecule has 1 fully saturated rings. The normalized spacial score (nSPS) is 17.0. The van der Waals surface area contributed by atoms with Crippen LogP contribution in [0, 0.1) is 5.92 Å². The number of hydrogen-bond donors (Lipinski definition) is 2. The lowest BCUT2D eigenvalue weighted by atomic mass is 9.98. The number of para-hydroxylation sites is 1. The van der Waals surface area contributed by atoms with Crippen molar-refractivity contribution < 1.29 is 21.9 Å². The van der Waals surface area contributed by atoms with Crippen LogP contribution in [0.15, 0.2) is 29.3 Å². The monoisotopic (exact) mass is 418 g/mol. The second kappa shape index (κ2) is 10.6. The highest BCUT2D eigenvalue weighted by Gasteiger charge is 2.24. The molecule has 1 aromatic rings. The summed E-state index contributed by atoms with van der Waals surface area (Å²) in [6.45, 7) is 1.63. The third-order valence-corrected chi connectivity index (χ3v) is 5.84. The van der Waals surface area contributed by atoms with Gasteiger partial charge in [0.2, 0.25) is 10.0 Å². The number of aliphatic imine (C=N–C) groups is 1. The van der Waals surface area contributed by atoms with Crippen LogP contribution in [-0.4, -0.2) is 57.7 Å². The van der Waals surface area contributed by atoms with Crippen molar-refractivity contribution in [2.45, 2.75) is 32.9 Å². The summed E-state index contributed by atoms with van der Waals surface area (Å²) >= 11 is 0. The first kappa shape index (κ1) is 22.4. The third kappa shape index (κ3) is 7.23. The maximum absolute atomic E-state index is 12.5. The molecule has 1 aliphatic heterocycles. The predicted molar refractivity (Wildman–Crippen MR) is 105 cm³/mol. The van der Waals surface area contributed by atoms with Crippen LogP contribution in [0.4, 0.5) is 8.78 Å². The summed E-state index contributed by atoms with van der Waals surface area (Å²) < 4.78 is 54.2. The van der Waals surface area contributed by atoms with Crippen molar-refractivity contribution >= 4 is 16.0 Å². The number of sulfonamides is 1. The van der Waals surface area contributed by atoms with E-state index in [1.807, 2.05) is 6.92 Å². The number of nitrogens with zero attached hydrogens (tertiary/aromatic N) is 2. The van der Waals surface area contributed by atoms with Gasteiger partial charge in [0.05, 0.1) is 12.8 Å². The molecule has 1 saturated heterocycles. The minimum Gasteiger partial charge on any atom is -0.434 e. The van der Waals surface area contributed by atoms with Crippen molar-refractivity contribution in [3.63, 3.8) is 0 Å². The molecule has 2 N–H and O–H groups in total. The van der Waals surface area contributed by atoms with Gasteiger partial charge in [0.1, 0.15) is 5.75 Å². The average molecular weight is 419 g/mol. The lowest BCUT2D eigenvalue weighted by Crippen LogP contribution is -2.44. The number of ether oxygens (including phenoxy) is 1. The van der Waals surface area contributed by atoms with Crippen LogP contribution >= 0.6 is 0 Å². The molecular formula is C18H28F2N4O3S. The molecule has 7 nitrogen and oxygen atoms in total. The summed E-state index contributed by atoms with van der Waals surface area (Å²) in [6, 6.07) is 6.58. The van der Waals surface area contributed by atoms with E-state index >= 15 is 0 Å². The van der Waals surface area contributed by atoms with Crippen LogP contribution in [0.5, 0.6) is 5.75 Å². The summed E-state index contributed by atoms with van der Waals surface area (Å²) in [5.74, 6) is 1.04. The van der Waals surface area contributed by atoms with Gasteiger partial charge in [-0.1, -0.05) is 18.2 Å². The fourth-order valence-corrected chi connectivity index (χ4v) is 3.91. The van der Waals surface area contributed by atoms with E-state index in [1.165, 1.54) is 16.6 Å². The summed E-state index contributed by atoms with van der Waals surface area (Å²) in [5, 5.41) is 6.39. The van der Waals surface area contributed by atoms with E-state index in [4.69, 9.17) is 0 Å². The molecule has 0 saturated carbocycles. The molecule has 0 bridgehead atoms. The summed E-state index contributed by atoms with van der Waals surface area (Å²) in [7, 11) is -3.13. The largest absolute Gasteiger partial charge is 0.434 e. The van der Waals surface area contributed by atoms with Gasteiger partial charge in [-0.2, -0.15) is 8.78 Å². The number of alkyl halides is 2. The van der Waals surface area contributed by atoms with Crippen molar-refractivity contribution in [2.24, 2.45) is 10.9 Å². The first-order valence-electron chi connectivity index (χ1n) is 9.29. The van der Waals surface area contributed by atoms with Crippen LogP contribution in [0.1, 0.15) is 25.3 Å². The first-order chi connectivity index (χ1) is 13.3. The van der Waals surface area contributed by atoms with E-state index in [-0.39, 0.29) is 12.3 Å². The van der Waals surface area contributed by atoms with Crippen LogP contribution in [-0.2, 0) is 16.6 Å². The molecule has 0 aliphatic carbocycles. The molecule has 0 spiro atoms. The zero-order valence-corrected chi connectivity index (χ0v) is 17.0. The van der Waals surface area contributed by atoms with Gasteiger partial charge in [-0.3, -0.25) is 0 Å². The third-order valence-electron chi connectivity index (χ3n) is 4.54. The number of piperidine rings is 1. The van der Waals surface area contributed by atoms with E-state index < -0.39 is 16.6 Å². The number of halogens is 2. The Kier molecular flexibility index (Phi) is 8.43. The lowest BCUT2D eigenvalue weighted by molar-refractivity contribution is -0.0504. The van der Waals surface area contributed by atoms with E-state index in [2.05, 4.69) is 20.4 Å². The second-order valence-corrected chi connectivity index (χ2v) is 8.65. The molecule has 0 aromatic heterocycles. The molecule has 1 heterocycles. The maximum atomic E-state index is 12.5. The minimum atomic E-state index is -3.13. The number of rotatable bonds is 8. The predicted octanol–water partition coefficient (Wildman–Crippen LogP) is 2.01. The first-order valence-corrected chi connectivity index (χ1v) is 11.1. The van der Waals surface area contributed by atoms with Crippen molar-refractivity contribution in [1.82, 2.24) is 14.9 Å². The Balaban J connectivity index is 1.91. The van der Waals surface area contributed by atoms with E-state index in [0.717, 1.165) is 12.8 Å². The van der Waals surface area contributed by atoms with Crippen LogP contribution in [0.2, 0.25) is 0 Å². The molecule has 28 heavy (non-hydrogen) atoms. The molecule has 10 heteroatoms. The van der Waals surface area contributed by atoms with Gasteiger partial charge < -0.3 is 15.4 Å². The van der Waals surface area contributed by atoms with Gasteiger partial charge in [-0.25, -0.2) is 17.7 Å². The van der Waals surface area contributed by atoms with Crippen LogP contribution < -0.4 is 15.4 Å². The van der Waals surface area contributed by atoms with Gasteiger partial charge in [0, 0.05) is 31.7 Å². The molecule has 0 atom stereocenters. The van der Waals surface area contributed by atoms with Gasteiger partial charge in [0.25, 0.3) is 0 Å². The van der Waals surface area contributed by atoms with Crippen molar-refractivity contribution in [2.75, 3.05) is 32.4 Å². The Hall–Kier alpha value is -1.94. The highest BCUT2D eigenvalue weighted by Crippen LogP contribution is 2.21. The smallest absolute Gasteiger partial charge is 0.387 e. The quantitative estimate of drug-likeness (QED) is 0.499. The maximum Gasteiger partial charge on any atom is 0.387 e. The van der Waals surface area contributed by atoms with Crippen LogP contribution in [0.3, 0.4) is 0 Å². The van der Waals surface area contributed by atoms with Gasteiger partial charge in [0.15, 0.2) is 5.96 Å². The lowest BCUT2D eigenvalue weighted by Gasteiger charge is -2.30. The zero-order chi connectivity index (χ0) is 20.6. The fourth-order valence-electron chi connectivity index (χ4n) is 3.04. The molecule has 0 radical (unpaired) electrons. The standard InChI is InChI=1S/C18H28F2N4O3S/c1-3-21-18(22-12-14-8-10-24(11-9-14)28(2,25)26)23-13-15-6-4-5-7-16(15)27-17(19)20/h4-7,14,17H,3,8-13H2,1-2H3,(H2,21,22,23). The number of hydrogen-bond acceptors (Lipinski definition) is 4. The van der Waals surface area contributed by atoms with Crippen molar-refractivity contribution in [3.8, 4) is 5.75 Å². The summed E-state index contributed by atoms with van der Waals surface area (Å²) in [4.78, 5) is 4.45. The summed E-state index contributed by atoms with van der Waals surface area (Å²) in [5.41, 5.74) is 0.571. The fraction of sp³-hybridized carbons (Fsp3) is 0.611. The Morgan fingerprint density at radius 1 is 1.29 bits per heavy atom. The van der Waals surface area contributed by atoms with Gasteiger partial charge in [-0.05, 0) is 31.7 Å². The average Bonchev–Trinajstić information content (AvgIpc) is 2.64. The van der Waals surface area contributed by atoms with E-state index in [1.54, 1.807) is 18.2 Å². The molecule has 0 amide bonds. The van der Waals surface area contributed by atoms with Crippen molar-refractivity contribution in [1.29, 1.82) is 0 Å². The zero-order valence-electron chi connectivity index (χ0n) is 16.2. The Morgan fingerprint density at radius 2 is 1.96 bits per heavy atom. The van der Waals surface area contributed by atoms with Gasteiger partial charge >= 0.3 is 6.61 Å². The van der Waals surface area contributed by atoms with E-state index in [9.17, 15) is 17.2 Å². The SMILES string of the molecule is CCNC(=NCc1ccccc1OC(F)F)NCC1CCN(S(C)(=O)=O)CC1. The van der Waals surface area contributed by atoms with Gasteiger partial charge in [-0.15, -0.1) is 0 Å². The highest BCUT2D eigenvalue weighted by atomic mass is 32.2. The number of benzene rings is 1. The minimum absolute atomic E-state index is 0.116. The molecule has 2 rings (SSSR count). The molecular weight excluding hydrogens is 390 g/mol. The second-order valence-electron chi connectivity index (χ2n) is 6.67. The van der Waals surface area contributed by atoms with E-state index in [0.29, 0.717) is 43.6 Å². The van der Waals surface area contributed by atoms with Crippen LogP contribution in [0.25, 0.3) is 0 Å². The Bertz CT molecular complexity index is 751. The topological polar surface area (TPSA) is 83.0 Å². The Morgan fingerprint density at radius 3 is 2.57 bits per heavy atom. The Labute approximate surface area is 165 Å². The number of guanidine groups is 1. The molecule has 1 aliphatic rings. The highest BCUT2D eigenvalue weighted by molar-refractivity contribution is 7.88. The molecule has 0 unspecified atom stereocenters. The van der Waals surface area contributed by atoms with Crippen molar-refractivity contribution in [3.05, 3.63) is 29.8 Å².